The molecular formula is C12H10N2O3. The summed E-state index contributed by atoms with van der Waals surface area (Å²) in [5.41, 5.74) is 1.55. The molecule has 0 radical (unpaired) electrons. The van der Waals surface area contributed by atoms with E-state index in [4.69, 9.17) is 5.11 Å². The van der Waals surface area contributed by atoms with E-state index in [1.807, 2.05) is 28.8 Å². The normalized spacial score (nSPS) is 15.1. The highest BCUT2D eigenvalue weighted by molar-refractivity contribution is 6.15. The smallest absolute Gasteiger partial charge is 0.342 e. The van der Waals surface area contributed by atoms with Crippen molar-refractivity contribution in [3.8, 4) is 0 Å². The van der Waals surface area contributed by atoms with E-state index in [1.54, 1.807) is 0 Å². The minimum atomic E-state index is -1.14. The second-order valence-corrected chi connectivity index (χ2v) is 3.95. The van der Waals surface area contributed by atoms with Crippen LogP contribution in [-0.2, 0) is 11.3 Å². The van der Waals surface area contributed by atoms with Crippen molar-refractivity contribution in [1.29, 1.82) is 0 Å². The topological polar surface area (TPSA) is 75.3 Å². The monoisotopic (exact) mass is 230 g/mol. The lowest BCUT2D eigenvalue weighted by atomic mass is 10.1. The number of allylic oxidation sites excluding steroid dienone is 1. The Bertz CT molecular complexity index is 655. The molecule has 5 nitrogen and oxygen atoms in total. The number of aromatic nitrogens is 2. The fourth-order valence-electron chi connectivity index (χ4n) is 2.18. The van der Waals surface area contributed by atoms with Gasteiger partial charge in [-0.25, -0.2) is 9.78 Å². The first-order valence-electron chi connectivity index (χ1n) is 5.29. The molecule has 3 rings (SSSR count). The second-order valence-electron chi connectivity index (χ2n) is 3.95. The van der Waals surface area contributed by atoms with Gasteiger partial charge in [-0.1, -0.05) is 12.1 Å². The zero-order chi connectivity index (χ0) is 12.0. The van der Waals surface area contributed by atoms with Crippen LogP contribution in [0.4, 0.5) is 0 Å². The number of aliphatic carboxylic acids is 1. The standard InChI is InChI=1S/C12H10N2O3/c15-9-5-6-14-8-4-2-1-3-7(8)13-11(14)10(9)12(16)17/h1-4,15H,5-6H2,(H,16,17). The van der Waals surface area contributed by atoms with Crippen LogP contribution in [0.3, 0.4) is 0 Å². The molecule has 0 aliphatic carbocycles. The molecule has 0 saturated carbocycles. The summed E-state index contributed by atoms with van der Waals surface area (Å²) in [6.45, 7) is 0.554. The van der Waals surface area contributed by atoms with Gasteiger partial charge in [0.05, 0.1) is 11.0 Å². The average Bonchev–Trinajstić information content (AvgIpc) is 2.66. The molecule has 1 aromatic carbocycles. The van der Waals surface area contributed by atoms with E-state index in [0.29, 0.717) is 18.8 Å². The third kappa shape index (κ3) is 1.32. The summed E-state index contributed by atoms with van der Waals surface area (Å²) < 4.78 is 1.83. The highest BCUT2D eigenvalue weighted by Crippen LogP contribution is 2.29. The third-order valence-electron chi connectivity index (χ3n) is 2.95. The summed E-state index contributed by atoms with van der Waals surface area (Å²) in [6, 6.07) is 7.46. The number of nitrogens with zero attached hydrogens (tertiary/aromatic N) is 2. The predicted molar refractivity (Wildman–Crippen MR) is 61.5 cm³/mol. The summed E-state index contributed by atoms with van der Waals surface area (Å²) in [6.07, 6.45) is 0.328. The molecule has 0 unspecified atom stereocenters. The van der Waals surface area contributed by atoms with Gasteiger partial charge in [-0.3, -0.25) is 0 Å². The molecule has 5 heteroatoms. The van der Waals surface area contributed by atoms with Gasteiger partial charge in [0, 0.05) is 13.0 Å². The highest BCUT2D eigenvalue weighted by atomic mass is 16.4. The van der Waals surface area contributed by atoms with Crippen LogP contribution >= 0.6 is 0 Å². The number of benzene rings is 1. The lowest BCUT2D eigenvalue weighted by Crippen LogP contribution is -2.16. The number of fused-ring (bicyclic) bond motifs is 3. The molecule has 2 N–H and O–H groups in total. The molecule has 1 aliphatic heterocycles. The zero-order valence-corrected chi connectivity index (χ0v) is 8.92. The maximum absolute atomic E-state index is 11.1. The first-order chi connectivity index (χ1) is 8.18. The molecular weight excluding hydrogens is 220 g/mol. The predicted octanol–water partition coefficient (Wildman–Crippen LogP) is 1.79. The number of hydrogen-bond donors (Lipinski definition) is 2. The van der Waals surface area contributed by atoms with Crippen molar-refractivity contribution in [2.75, 3.05) is 0 Å². The molecule has 0 saturated heterocycles. The summed E-state index contributed by atoms with van der Waals surface area (Å²) in [5, 5.41) is 18.8. The molecule has 2 heterocycles. The van der Waals surface area contributed by atoms with Gasteiger partial charge in [-0.15, -0.1) is 0 Å². The van der Waals surface area contributed by atoms with E-state index in [9.17, 15) is 9.90 Å². The maximum atomic E-state index is 11.1. The van der Waals surface area contributed by atoms with Gasteiger partial charge in [0.15, 0.2) is 5.82 Å². The van der Waals surface area contributed by atoms with Crippen LogP contribution in [-0.4, -0.2) is 25.7 Å². The van der Waals surface area contributed by atoms with Crippen molar-refractivity contribution < 1.29 is 15.0 Å². The van der Waals surface area contributed by atoms with Gasteiger partial charge in [-0.2, -0.15) is 0 Å². The average molecular weight is 230 g/mol. The summed E-state index contributed by atoms with van der Waals surface area (Å²) in [5.74, 6) is -0.901. The quantitative estimate of drug-likeness (QED) is 0.783. The summed E-state index contributed by atoms with van der Waals surface area (Å²) >= 11 is 0. The van der Waals surface area contributed by atoms with Crippen LogP contribution in [0.5, 0.6) is 0 Å². The van der Waals surface area contributed by atoms with Gasteiger partial charge in [0.1, 0.15) is 11.3 Å². The Labute approximate surface area is 96.6 Å². The number of aliphatic hydroxyl groups excluding tert-OH is 1. The Balaban J connectivity index is 2.35. The van der Waals surface area contributed by atoms with Crippen molar-refractivity contribution in [3.63, 3.8) is 0 Å². The fourth-order valence-corrected chi connectivity index (χ4v) is 2.18. The van der Waals surface area contributed by atoms with E-state index in [2.05, 4.69) is 4.98 Å². The van der Waals surface area contributed by atoms with Gasteiger partial charge in [-0.05, 0) is 12.1 Å². The summed E-state index contributed by atoms with van der Waals surface area (Å²) in [7, 11) is 0. The zero-order valence-electron chi connectivity index (χ0n) is 8.92. The summed E-state index contributed by atoms with van der Waals surface area (Å²) in [4.78, 5) is 15.4. The molecule has 17 heavy (non-hydrogen) atoms. The van der Waals surface area contributed by atoms with E-state index in [1.165, 1.54) is 0 Å². The number of aryl methyl sites for hydroxylation is 1. The van der Waals surface area contributed by atoms with Crippen molar-refractivity contribution >= 4 is 22.6 Å². The molecule has 0 spiro atoms. The first kappa shape index (κ1) is 9.89. The molecule has 1 aliphatic rings. The molecule has 0 bridgehead atoms. The Kier molecular flexibility index (Phi) is 1.95. The van der Waals surface area contributed by atoms with Crippen LogP contribution in [0.1, 0.15) is 12.2 Å². The van der Waals surface area contributed by atoms with Crippen molar-refractivity contribution in [2.24, 2.45) is 0 Å². The van der Waals surface area contributed by atoms with Crippen molar-refractivity contribution in [3.05, 3.63) is 35.8 Å². The lowest BCUT2D eigenvalue weighted by molar-refractivity contribution is -0.130. The van der Waals surface area contributed by atoms with Crippen LogP contribution in [0.15, 0.2) is 30.0 Å². The Hall–Kier alpha value is -2.30. The van der Waals surface area contributed by atoms with E-state index in [0.717, 1.165) is 11.0 Å². The molecule has 1 aromatic heterocycles. The number of hydrogen-bond acceptors (Lipinski definition) is 3. The van der Waals surface area contributed by atoms with Crippen LogP contribution in [0, 0.1) is 0 Å². The molecule has 0 amide bonds. The number of imidazole rings is 1. The number of carboxylic acids is 1. The van der Waals surface area contributed by atoms with Crippen LogP contribution in [0.2, 0.25) is 0 Å². The van der Waals surface area contributed by atoms with Gasteiger partial charge < -0.3 is 14.8 Å². The number of aliphatic hydroxyl groups is 1. The number of carbonyl (C=O) groups is 1. The number of para-hydroxylation sites is 2. The molecule has 0 atom stereocenters. The Morgan fingerprint density at radius 1 is 1.35 bits per heavy atom. The SMILES string of the molecule is O=C(O)C1=C(O)CCn2c1nc1ccccc12. The lowest BCUT2D eigenvalue weighted by Gasteiger charge is -2.16. The van der Waals surface area contributed by atoms with E-state index >= 15 is 0 Å². The first-order valence-corrected chi connectivity index (χ1v) is 5.29. The molecule has 86 valence electrons. The van der Waals surface area contributed by atoms with Gasteiger partial charge in [0.25, 0.3) is 0 Å². The van der Waals surface area contributed by atoms with Crippen molar-refractivity contribution in [1.82, 2.24) is 9.55 Å². The maximum Gasteiger partial charge on any atom is 0.342 e. The molecule has 2 aromatic rings. The van der Waals surface area contributed by atoms with Crippen LogP contribution in [0.25, 0.3) is 16.6 Å². The van der Waals surface area contributed by atoms with E-state index in [-0.39, 0.29) is 11.3 Å². The molecule has 0 fully saturated rings. The minimum absolute atomic E-state index is 0.0903. The van der Waals surface area contributed by atoms with E-state index < -0.39 is 5.97 Å². The van der Waals surface area contributed by atoms with Gasteiger partial charge in [0.2, 0.25) is 0 Å². The largest absolute Gasteiger partial charge is 0.511 e. The van der Waals surface area contributed by atoms with Gasteiger partial charge >= 0.3 is 5.97 Å². The Morgan fingerprint density at radius 3 is 2.88 bits per heavy atom. The van der Waals surface area contributed by atoms with Crippen molar-refractivity contribution in [2.45, 2.75) is 13.0 Å². The number of rotatable bonds is 1. The fraction of sp³-hybridized carbons (Fsp3) is 0.167. The van der Waals surface area contributed by atoms with Crippen LogP contribution < -0.4 is 0 Å². The highest BCUT2D eigenvalue weighted by Gasteiger charge is 2.27. The number of carboxylic acid groups (broad SMARTS) is 1. The second kappa shape index (κ2) is 3.35. The Morgan fingerprint density at radius 2 is 2.12 bits per heavy atom. The minimum Gasteiger partial charge on any atom is -0.511 e. The third-order valence-corrected chi connectivity index (χ3v) is 2.95.